The predicted octanol–water partition coefficient (Wildman–Crippen LogP) is 3.06. The molecule has 0 aromatic carbocycles. The van der Waals surface area contributed by atoms with Crippen LogP contribution in [0.5, 0.6) is 0 Å². The van der Waals surface area contributed by atoms with Gasteiger partial charge in [-0.3, -0.25) is 4.90 Å². The first-order valence-corrected chi connectivity index (χ1v) is 8.72. The fraction of sp³-hybridized carbons (Fsp3) is 0.667. The number of thiophene rings is 1. The number of amides is 2. The van der Waals surface area contributed by atoms with Crippen LogP contribution in [-0.2, 0) is 6.54 Å². The van der Waals surface area contributed by atoms with Crippen molar-refractivity contribution in [3.63, 3.8) is 0 Å². The molecule has 2 heterocycles. The summed E-state index contributed by atoms with van der Waals surface area (Å²) in [4.78, 5) is 15.6. The third-order valence-electron chi connectivity index (χ3n) is 4.18. The van der Waals surface area contributed by atoms with Crippen molar-refractivity contribution >= 4 is 17.4 Å². The molecule has 1 atom stereocenters. The van der Waals surface area contributed by atoms with Crippen LogP contribution in [0, 0.1) is 0 Å². The van der Waals surface area contributed by atoms with E-state index in [9.17, 15) is 18.0 Å². The van der Waals surface area contributed by atoms with Crippen molar-refractivity contribution in [3.05, 3.63) is 22.4 Å². The highest BCUT2D eigenvalue weighted by Gasteiger charge is 2.37. The Hall–Kier alpha value is -1.28. The lowest BCUT2D eigenvalue weighted by molar-refractivity contribution is -0.143. The summed E-state index contributed by atoms with van der Waals surface area (Å²) in [5, 5.41) is 6.90. The molecule has 1 saturated carbocycles. The van der Waals surface area contributed by atoms with Crippen LogP contribution >= 0.6 is 11.3 Å². The van der Waals surface area contributed by atoms with E-state index in [2.05, 4.69) is 5.32 Å². The van der Waals surface area contributed by atoms with Crippen LogP contribution in [0.3, 0.4) is 0 Å². The average molecular weight is 347 g/mol. The van der Waals surface area contributed by atoms with Gasteiger partial charge < -0.3 is 10.2 Å². The number of nitrogens with one attached hydrogen (secondary N) is 1. The average Bonchev–Trinajstić information content (AvgIpc) is 2.98. The van der Waals surface area contributed by atoms with Crippen molar-refractivity contribution in [2.24, 2.45) is 0 Å². The van der Waals surface area contributed by atoms with E-state index in [0.29, 0.717) is 19.5 Å². The molecule has 1 saturated heterocycles. The van der Waals surface area contributed by atoms with Gasteiger partial charge in [0.25, 0.3) is 0 Å². The van der Waals surface area contributed by atoms with Crippen molar-refractivity contribution in [1.82, 2.24) is 15.1 Å². The number of alkyl halides is 3. The second kappa shape index (κ2) is 6.68. The molecule has 1 aromatic heterocycles. The summed E-state index contributed by atoms with van der Waals surface area (Å²) >= 11 is 1.59. The Labute approximate surface area is 137 Å². The van der Waals surface area contributed by atoms with Gasteiger partial charge in [-0.05, 0) is 41.7 Å². The Morgan fingerprint density at radius 1 is 1.39 bits per heavy atom. The standard InChI is InChI=1S/C15H20F3N3OS/c16-15(17,18)10-20-5-3-12(8-20)19-14(22)21(13-1-2-13)7-11-4-6-23-9-11/h4,6,9,12-13H,1-3,5,7-8,10H2,(H,19,22)/t12-/m1/s1. The Morgan fingerprint density at radius 3 is 2.78 bits per heavy atom. The molecule has 2 fully saturated rings. The summed E-state index contributed by atoms with van der Waals surface area (Å²) in [6.07, 6.45) is -1.61. The molecule has 1 aliphatic carbocycles. The molecule has 4 nitrogen and oxygen atoms in total. The van der Waals surface area contributed by atoms with E-state index < -0.39 is 12.7 Å². The first-order valence-electron chi connectivity index (χ1n) is 7.78. The summed E-state index contributed by atoms with van der Waals surface area (Å²) < 4.78 is 37.2. The predicted molar refractivity (Wildman–Crippen MR) is 82.3 cm³/mol. The van der Waals surface area contributed by atoms with Crippen molar-refractivity contribution in [2.45, 2.75) is 44.1 Å². The maximum Gasteiger partial charge on any atom is 0.401 e. The number of halogens is 3. The van der Waals surface area contributed by atoms with Crippen LogP contribution in [0.1, 0.15) is 24.8 Å². The zero-order valence-electron chi connectivity index (χ0n) is 12.7. The van der Waals surface area contributed by atoms with Crippen molar-refractivity contribution in [3.8, 4) is 0 Å². The van der Waals surface area contributed by atoms with E-state index in [1.54, 1.807) is 11.3 Å². The summed E-state index contributed by atoms with van der Waals surface area (Å²) in [6.45, 7) is 0.306. The lowest BCUT2D eigenvalue weighted by Gasteiger charge is -2.25. The Bertz CT molecular complexity index is 531. The molecule has 1 aliphatic heterocycles. The first-order chi connectivity index (χ1) is 10.9. The molecule has 2 aliphatic rings. The molecule has 23 heavy (non-hydrogen) atoms. The van der Waals surface area contributed by atoms with Gasteiger partial charge in [-0.2, -0.15) is 24.5 Å². The number of hydrogen-bond acceptors (Lipinski definition) is 3. The molecule has 128 valence electrons. The molecule has 3 rings (SSSR count). The molecular weight excluding hydrogens is 327 g/mol. The SMILES string of the molecule is O=C(N[C@@H]1CCN(CC(F)(F)F)C1)N(Cc1ccsc1)C1CC1. The zero-order valence-corrected chi connectivity index (χ0v) is 13.5. The van der Waals surface area contributed by atoms with Gasteiger partial charge in [-0.1, -0.05) is 0 Å². The largest absolute Gasteiger partial charge is 0.401 e. The molecule has 2 amide bonds. The topological polar surface area (TPSA) is 35.6 Å². The van der Waals surface area contributed by atoms with Gasteiger partial charge in [0, 0.05) is 31.7 Å². The normalized spacial score (nSPS) is 22.3. The van der Waals surface area contributed by atoms with E-state index in [1.807, 2.05) is 21.7 Å². The number of urea groups is 1. The second-order valence-corrected chi connectivity index (χ2v) is 7.06. The van der Waals surface area contributed by atoms with Crippen LogP contribution in [0.25, 0.3) is 0 Å². The number of hydrogen-bond donors (Lipinski definition) is 1. The van der Waals surface area contributed by atoms with Crippen molar-refractivity contribution in [1.29, 1.82) is 0 Å². The van der Waals surface area contributed by atoms with Gasteiger partial charge in [-0.15, -0.1) is 0 Å². The van der Waals surface area contributed by atoms with E-state index >= 15 is 0 Å². The van der Waals surface area contributed by atoms with E-state index in [0.717, 1.165) is 18.4 Å². The third-order valence-corrected chi connectivity index (χ3v) is 4.92. The van der Waals surface area contributed by atoms with Crippen molar-refractivity contribution in [2.75, 3.05) is 19.6 Å². The molecule has 0 bridgehead atoms. The van der Waals surface area contributed by atoms with Gasteiger partial charge in [0.05, 0.1) is 6.54 Å². The molecule has 0 spiro atoms. The molecular formula is C15H20F3N3OS. The van der Waals surface area contributed by atoms with Gasteiger partial charge >= 0.3 is 12.2 Å². The molecule has 0 unspecified atom stereocenters. The lowest BCUT2D eigenvalue weighted by atomic mass is 10.2. The summed E-state index contributed by atoms with van der Waals surface area (Å²) in [7, 11) is 0. The van der Waals surface area contributed by atoms with Crippen LogP contribution in [0.4, 0.5) is 18.0 Å². The van der Waals surface area contributed by atoms with Crippen LogP contribution in [-0.4, -0.2) is 53.7 Å². The molecule has 8 heteroatoms. The summed E-state index contributed by atoms with van der Waals surface area (Å²) in [6, 6.07) is 1.90. The minimum absolute atomic E-state index is 0.155. The van der Waals surface area contributed by atoms with Crippen LogP contribution < -0.4 is 5.32 Å². The zero-order chi connectivity index (χ0) is 16.4. The van der Waals surface area contributed by atoms with Gasteiger partial charge in [-0.25, -0.2) is 4.79 Å². The number of carbonyl (C=O) groups is 1. The van der Waals surface area contributed by atoms with E-state index in [1.165, 1.54) is 4.90 Å². The number of rotatable bonds is 5. The fourth-order valence-electron chi connectivity index (χ4n) is 2.94. The van der Waals surface area contributed by atoms with Gasteiger partial charge in [0.2, 0.25) is 0 Å². The van der Waals surface area contributed by atoms with E-state index in [-0.39, 0.29) is 24.7 Å². The Balaban J connectivity index is 1.51. The van der Waals surface area contributed by atoms with Gasteiger partial charge in [0.1, 0.15) is 0 Å². The fourth-order valence-corrected chi connectivity index (χ4v) is 3.60. The highest BCUT2D eigenvalue weighted by molar-refractivity contribution is 7.07. The molecule has 1 aromatic rings. The highest BCUT2D eigenvalue weighted by Crippen LogP contribution is 2.29. The van der Waals surface area contributed by atoms with Crippen LogP contribution in [0.15, 0.2) is 16.8 Å². The maximum absolute atomic E-state index is 12.5. The van der Waals surface area contributed by atoms with Crippen molar-refractivity contribution < 1.29 is 18.0 Å². The maximum atomic E-state index is 12.5. The first kappa shape index (κ1) is 16.6. The smallest absolute Gasteiger partial charge is 0.334 e. The number of likely N-dealkylation sites (tertiary alicyclic amines) is 1. The van der Waals surface area contributed by atoms with E-state index in [4.69, 9.17) is 0 Å². The quantitative estimate of drug-likeness (QED) is 0.889. The minimum Gasteiger partial charge on any atom is -0.334 e. The van der Waals surface area contributed by atoms with Gasteiger partial charge in [0.15, 0.2) is 0 Å². The molecule has 0 radical (unpaired) electrons. The monoisotopic (exact) mass is 347 g/mol. The summed E-state index contributed by atoms with van der Waals surface area (Å²) in [5.74, 6) is 0. The number of nitrogens with zero attached hydrogens (tertiary/aromatic N) is 2. The lowest BCUT2D eigenvalue weighted by Crippen LogP contribution is -2.46. The van der Waals surface area contributed by atoms with Crippen LogP contribution in [0.2, 0.25) is 0 Å². The third kappa shape index (κ3) is 4.84. The number of carbonyl (C=O) groups excluding carboxylic acids is 1. The highest BCUT2D eigenvalue weighted by atomic mass is 32.1. The Morgan fingerprint density at radius 2 is 2.17 bits per heavy atom. The molecule has 1 N–H and O–H groups in total. The second-order valence-electron chi connectivity index (χ2n) is 6.28. The summed E-state index contributed by atoms with van der Waals surface area (Å²) in [5.41, 5.74) is 1.10. The minimum atomic E-state index is -4.18. The Kier molecular flexibility index (Phi) is 4.82.